The van der Waals surface area contributed by atoms with Crippen molar-refractivity contribution in [2.24, 2.45) is 0 Å². The van der Waals surface area contributed by atoms with Crippen LogP contribution in [0.3, 0.4) is 0 Å². The fraction of sp³-hybridized carbons (Fsp3) is 0.714. The standard InChI is InChI=1S/C14H23NO2/c1-3-5-11(10-17-2)15-9-8-12-13(15)6-4-7-14(12)16/h8-9,11,14,16H,3-7,10H2,1-2H3. The highest BCUT2D eigenvalue weighted by Crippen LogP contribution is 2.32. The second-order valence-corrected chi connectivity index (χ2v) is 4.93. The van der Waals surface area contributed by atoms with Crippen LogP contribution < -0.4 is 0 Å². The second-order valence-electron chi connectivity index (χ2n) is 4.93. The molecule has 2 rings (SSSR count). The van der Waals surface area contributed by atoms with Gasteiger partial charge in [-0.2, -0.15) is 0 Å². The zero-order valence-corrected chi connectivity index (χ0v) is 10.9. The number of fused-ring (bicyclic) bond motifs is 1. The predicted octanol–water partition coefficient (Wildman–Crippen LogP) is 2.85. The van der Waals surface area contributed by atoms with E-state index in [0.717, 1.165) is 44.3 Å². The molecule has 0 fully saturated rings. The van der Waals surface area contributed by atoms with Crippen molar-refractivity contribution in [1.29, 1.82) is 0 Å². The Bertz CT molecular complexity index is 353. The molecule has 0 spiro atoms. The van der Waals surface area contributed by atoms with Gasteiger partial charge in [-0.15, -0.1) is 0 Å². The van der Waals surface area contributed by atoms with Crippen LogP contribution in [0.15, 0.2) is 12.3 Å². The van der Waals surface area contributed by atoms with Crippen molar-refractivity contribution in [3.8, 4) is 0 Å². The molecular formula is C14H23NO2. The van der Waals surface area contributed by atoms with E-state index in [1.165, 1.54) is 5.69 Å². The third kappa shape index (κ3) is 2.55. The highest BCUT2D eigenvalue weighted by Gasteiger charge is 2.23. The van der Waals surface area contributed by atoms with Gasteiger partial charge < -0.3 is 14.4 Å². The predicted molar refractivity (Wildman–Crippen MR) is 68.2 cm³/mol. The Morgan fingerprint density at radius 3 is 3.12 bits per heavy atom. The zero-order chi connectivity index (χ0) is 12.3. The van der Waals surface area contributed by atoms with E-state index in [4.69, 9.17) is 4.74 Å². The van der Waals surface area contributed by atoms with Gasteiger partial charge in [0, 0.05) is 24.6 Å². The minimum atomic E-state index is -0.259. The monoisotopic (exact) mass is 237 g/mol. The first-order valence-electron chi connectivity index (χ1n) is 6.64. The van der Waals surface area contributed by atoms with Gasteiger partial charge in [-0.1, -0.05) is 13.3 Å². The van der Waals surface area contributed by atoms with Crippen molar-refractivity contribution in [1.82, 2.24) is 4.57 Å². The second kappa shape index (κ2) is 5.69. The molecular weight excluding hydrogens is 214 g/mol. The molecule has 1 aromatic heterocycles. The molecule has 0 bridgehead atoms. The molecule has 1 heterocycles. The largest absolute Gasteiger partial charge is 0.388 e. The van der Waals surface area contributed by atoms with Gasteiger partial charge in [0.25, 0.3) is 0 Å². The minimum Gasteiger partial charge on any atom is -0.388 e. The number of methoxy groups -OCH3 is 1. The molecule has 17 heavy (non-hydrogen) atoms. The van der Waals surface area contributed by atoms with E-state index in [9.17, 15) is 5.11 Å². The van der Waals surface area contributed by atoms with Crippen molar-refractivity contribution in [2.45, 2.75) is 51.2 Å². The van der Waals surface area contributed by atoms with Gasteiger partial charge in [0.15, 0.2) is 0 Å². The summed E-state index contributed by atoms with van der Waals surface area (Å²) in [5.74, 6) is 0. The van der Waals surface area contributed by atoms with Gasteiger partial charge in [-0.3, -0.25) is 0 Å². The quantitative estimate of drug-likeness (QED) is 0.854. The van der Waals surface area contributed by atoms with Crippen molar-refractivity contribution in [3.05, 3.63) is 23.5 Å². The molecule has 1 aromatic rings. The van der Waals surface area contributed by atoms with E-state index in [1.54, 1.807) is 7.11 Å². The van der Waals surface area contributed by atoms with Crippen LogP contribution >= 0.6 is 0 Å². The first-order valence-corrected chi connectivity index (χ1v) is 6.64. The average Bonchev–Trinajstić information content (AvgIpc) is 2.74. The minimum absolute atomic E-state index is 0.259. The number of aliphatic hydroxyl groups excluding tert-OH is 1. The van der Waals surface area contributed by atoms with Crippen molar-refractivity contribution in [2.75, 3.05) is 13.7 Å². The molecule has 1 N–H and O–H groups in total. The molecule has 3 heteroatoms. The smallest absolute Gasteiger partial charge is 0.0807 e. The summed E-state index contributed by atoms with van der Waals surface area (Å²) >= 11 is 0. The van der Waals surface area contributed by atoms with Gasteiger partial charge in [0.2, 0.25) is 0 Å². The summed E-state index contributed by atoms with van der Waals surface area (Å²) in [4.78, 5) is 0. The van der Waals surface area contributed by atoms with E-state index in [0.29, 0.717) is 6.04 Å². The van der Waals surface area contributed by atoms with Crippen molar-refractivity contribution < 1.29 is 9.84 Å². The summed E-state index contributed by atoms with van der Waals surface area (Å²) in [6, 6.07) is 2.50. The molecule has 2 unspecified atom stereocenters. The number of rotatable bonds is 5. The summed E-state index contributed by atoms with van der Waals surface area (Å²) in [6.07, 6.45) is 7.23. The topological polar surface area (TPSA) is 34.4 Å². The Morgan fingerprint density at radius 2 is 2.41 bits per heavy atom. The average molecular weight is 237 g/mol. The Hall–Kier alpha value is -0.800. The van der Waals surface area contributed by atoms with E-state index < -0.39 is 0 Å². The number of hydrogen-bond acceptors (Lipinski definition) is 2. The summed E-state index contributed by atoms with van der Waals surface area (Å²) < 4.78 is 7.64. The van der Waals surface area contributed by atoms with Crippen LogP contribution in [0.1, 0.15) is 56.0 Å². The van der Waals surface area contributed by atoms with Crippen LogP contribution in [0.25, 0.3) is 0 Å². The number of aromatic nitrogens is 1. The number of nitrogens with zero attached hydrogens (tertiary/aromatic N) is 1. The fourth-order valence-corrected chi connectivity index (χ4v) is 2.86. The Balaban J connectivity index is 2.24. The van der Waals surface area contributed by atoms with Crippen molar-refractivity contribution >= 4 is 0 Å². The summed E-state index contributed by atoms with van der Waals surface area (Å²) in [6.45, 7) is 2.96. The van der Waals surface area contributed by atoms with Crippen LogP contribution in [0.5, 0.6) is 0 Å². The molecule has 0 saturated carbocycles. The number of hydrogen-bond donors (Lipinski definition) is 1. The van der Waals surface area contributed by atoms with Crippen LogP contribution in [-0.4, -0.2) is 23.4 Å². The molecule has 96 valence electrons. The van der Waals surface area contributed by atoms with E-state index in [1.807, 2.05) is 0 Å². The third-order valence-electron chi connectivity index (χ3n) is 3.68. The number of ether oxygens (including phenoxy) is 1. The van der Waals surface area contributed by atoms with E-state index >= 15 is 0 Å². The molecule has 0 radical (unpaired) electrons. The lowest BCUT2D eigenvalue weighted by Gasteiger charge is -2.25. The van der Waals surface area contributed by atoms with Crippen molar-refractivity contribution in [3.63, 3.8) is 0 Å². The van der Waals surface area contributed by atoms with Gasteiger partial charge in [-0.05, 0) is 31.7 Å². The van der Waals surface area contributed by atoms with Gasteiger partial charge >= 0.3 is 0 Å². The Labute approximate surface area is 103 Å². The summed E-state index contributed by atoms with van der Waals surface area (Å²) in [5, 5.41) is 9.97. The highest BCUT2D eigenvalue weighted by atomic mass is 16.5. The zero-order valence-electron chi connectivity index (χ0n) is 10.9. The van der Waals surface area contributed by atoms with Gasteiger partial charge in [0.1, 0.15) is 0 Å². The molecule has 3 nitrogen and oxygen atoms in total. The number of aliphatic hydroxyl groups is 1. The third-order valence-corrected chi connectivity index (χ3v) is 3.68. The molecule has 0 amide bonds. The summed E-state index contributed by atoms with van der Waals surface area (Å²) in [5.41, 5.74) is 2.45. The maximum absolute atomic E-state index is 9.97. The van der Waals surface area contributed by atoms with Gasteiger partial charge in [0.05, 0.1) is 18.8 Å². The lowest BCUT2D eigenvalue weighted by atomic mass is 9.95. The molecule has 0 aromatic carbocycles. The first-order chi connectivity index (χ1) is 8.27. The SMILES string of the molecule is CCCC(COC)n1ccc2c1CCCC2O. The molecule has 0 saturated heterocycles. The molecule has 1 aliphatic rings. The first kappa shape index (κ1) is 12.7. The van der Waals surface area contributed by atoms with E-state index in [-0.39, 0.29) is 6.10 Å². The normalized spacial score (nSPS) is 21.2. The maximum Gasteiger partial charge on any atom is 0.0807 e. The maximum atomic E-state index is 9.97. The highest BCUT2D eigenvalue weighted by molar-refractivity contribution is 5.28. The van der Waals surface area contributed by atoms with Crippen LogP contribution in [0.2, 0.25) is 0 Å². The fourth-order valence-electron chi connectivity index (χ4n) is 2.86. The molecule has 2 atom stereocenters. The Kier molecular flexibility index (Phi) is 4.24. The molecule has 0 aliphatic heterocycles. The summed E-state index contributed by atoms with van der Waals surface area (Å²) in [7, 11) is 1.76. The van der Waals surface area contributed by atoms with Crippen LogP contribution in [0, 0.1) is 0 Å². The lowest BCUT2D eigenvalue weighted by molar-refractivity contribution is 0.141. The van der Waals surface area contributed by atoms with Crippen LogP contribution in [-0.2, 0) is 11.2 Å². The van der Waals surface area contributed by atoms with E-state index in [2.05, 4.69) is 23.8 Å². The Morgan fingerprint density at radius 1 is 1.59 bits per heavy atom. The van der Waals surface area contributed by atoms with Crippen LogP contribution in [0.4, 0.5) is 0 Å². The molecule has 1 aliphatic carbocycles. The van der Waals surface area contributed by atoms with Gasteiger partial charge in [-0.25, -0.2) is 0 Å². The lowest BCUT2D eigenvalue weighted by Crippen LogP contribution is -2.19.